The van der Waals surface area contributed by atoms with Crippen LogP contribution >= 0.6 is 11.8 Å². The Bertz CT molecular complexity index is 1330. The minimum atomic E-state index is -1.06. The van der Waals surface area contributed by atoms with E-state index in [1.807, 2.05) is 31.2 Å². The van der Waals surface area contributed by atoms with Crippen LogP contribution in [-0.2, 0) is 5.75 Å². The first-order valence-electron chi connectivity index (χ1n) is 9.43. The third-order valence-corrected chi connectivity index (χ3v) is 5.83. The second-order valence-corrected chi connectivity index (χ2v) is 8.20. The molecule has 152 valence electrons. The smallest absolute Gasteiger partial charge is 0.262 e. The molecule has 4 aromatic rings. The number of aryl methyl sites for hydroxylation is 1. The van der Waals surface area contributed by atoms with Gasteiger partial charge in [0.1, 0.15) is 0 Å². The molecule has 0 bridgehead atoms. The number of hydrogen-bond donors (Lipinski definition) is 0. The molecule has 1 aliphatic carbocycles. The summed E-state index contributed by atoms with van der Waals surface area (Å²) in [7, 11) is 0. The highest BCUT2D eigenvalue weighted by Crippen LogP contribution is 2.37. The maximum Gasteiger partial charge on any atom is 0.262 e. The van der Waals surface area contributed by atoms with Gasteiger partial charge in [0.05, 0.1) is 16.7 Å². The number of aromatic nitrogens is 4. The Labute approximate surface area is 173 Å². The van der Waals surface area contributed by atoms with Gasteiger partial charge in [0.15, 0.2) is 16.8 Å². The summed E-state index contributed by atoms with van der Waals surface area (Å²) in [6, 6.07) is 9.66. The first-order valence-corrected chi connectivity index (χ1v) is 10.4. The Morgan fingerprint density at radius 3 is 2.73 bits per heavy atom. The molecule has 2 heterocycles. The van der Waals surface area contributed by atoms with E-state index in [1.54, 1.807) is 4.57 Å². The van der Waals surface area contributed by atoms with E-state index in [4.69, 9.17) is 4.52 Å². The number of rotatable bonds is 5. The molecule has 1 saturated carbocycles. The minimum Gasteiger partial charge on any atom is -0.338 e. The maximum atomic E-state index is 13.7. The van der Waals surface area contributed by atoms with Crippen molar-refractivity contribution in [3.63, 3.8) is 0 Å². The van der Waals surface area contributed by atoms with Gasteiger partial charge >= 0.3 is 0 Å². The summed E-state index contributed by atoms with van der Waals surface area (Å²) in [4.78, 5) is 21.7. The molecule has 0 atom stereocenters. The Kier molecular flexibility index (Phi) is 4.62. The summed E-state index contributed by atoms with van der Waals surface area (Å²) in [5.74, 6) is -0.919. The van der Waals surface area contributed by atoms with Crippen LogP contribution in [0.3, 0.4) is 0 Å². The van der Waals surface area contributed by atoms with Crippen molar-refractivity contribution in [2.24, 2.45) is 0 Å². The molecule has 9 heteroatoms. The zero-order chi connectivity index (χ0) is 20.8. The van der Waals surface area contributed by atoms with Gasteiger partial charge in [-0.1, -0.05) is 40.7 Å². The predicted octanol–water partition coefficient (Wildman–Crippen LogP) is 4.66. The Balaban J connectivity index is 1.46. The van der Waals surface area contributed by atoms with Crippen molar-refractivity contribution in [2.75, 3.05) is 0 Å². The van der Waals surface area contributed by atoms with Gasteiger partial charge in [-0.05, 0) is 31.9 Å². The lowest BCUT2D eigenvalue weighted by Gasteiger charge is -2.11. The molecule has 0 unspecified atom stereocenters. The van der Waals surface area contributed by atoms with Crippen LogP contribution in [0.4, 0.5) is 8.78 Å². The fourth-order valence-electron chi connectivity index (χ4n) is 3.27. The maximum absolute atomic E-state index is 13.7. The molecule has 0 saturated heterocycles. The third kappa shape index (κ3) is 3.49. The van der Waals surface area contributed by atoms with Crippen LogP contribution < -0.4 is 5.56 Å². The molecule has 0 N–H and O–H groups in total. The molecule has 2 aromatic carbocycles. The average molecular weight is 426 g/mol. The van der Waals surface area contributed by atoms with Gasteiger partial charge in [-0.25, -0.2) is 13.8 Å². The van der Waals surface area contributed by atoms with Crippen molar-refractivity contribution in [2.45, 2.75) is 36.7 Å². The summed E-state index contributed by atoms with van der Waals surface area (Å²) in [6.07, 6.45) is 1.70. The fraction of sp³-hybridized carbons (Fsp3) is 0.238. The molecule has 30 heavy (non-hydrogen) atoms. The standard InChI is InChI=1S/C21H16F2N4O2S/c1-11-3-2-4-12(7-11)19-25-18(29-26-19)10-30-21-24-17-9-16(23)15(22)8-14(17)20(28)27(21)13-5-6-13/h2-4,7-9,13H,5-6,10H2,1H3. The van der Waals surface area contributed by atoms with Crippen LogP contribution in [0.25, 0.3) is 22.3 Å². The van der Waals surface area contributed by atoms with E-state index in [-0.39, 0.29) is 22.5 Å². The van der Waals surface area contributed by atoms with Gasteiger partial charge in [-0.3, -0.25) is 9.36 Å². The van der Waals surface area contributed by atoms with Crippen LogP contribution in [0.15, 0.2) is 50.9 Å². The van der Waals surface area contributed by atoms with E-state index >= 15 is 0 Å². The van der Waals surface area contributed by atoms with Crippen LogP contribution in [0, 0.1) is 18.6 Å². The molecule has 5 rings (SSSR count). The number of halogens is 2. The number of hydrogen-bond acceptors (Lipinski definition) is 6. The quantitative estimate of drug-likeness (QED) is 0.341. The van der Waals surface area contributed by atoms with Crippen LogP contribution in [0.2, 0.25) is 0 Å². The highest BCUT2D eigenvalue weighted by Gasteiger charge is 2.29. The zero-order valence-corrected chi connectivity index (χ0v) is 16.7. The van der Waals surface area contributed by atoms with E-state index in [2.05, 4.69) is 15.1 Å². The number of fused-ring (bicyclic) bond motifs is 1. The predicted molar refractivity (Wildman–Crippen MR) is 108 cm³/mol. The summed E-state index contributed by atoms with van der Waals surface area (Å²) < 4.78 is 34.2. The van der Waals surface area contributed by atoms with Crippen molar-refractivity contribution < 1.29 is 13.3 Å². The van der Waals surface area contributed by atoms with Gasteiger partial charge in [0.25, 0.3) is 5.56 Å². The summed E-state index contributed by atoms with van der Waals surface area (Å²) in [6.45, 7) is 1.98. The van der Waals surface area contributed by atoms with E-state index < -0.39 is 11.6 Å². The monoisotopic (exact) mass is 426 g/mol. The summed E-state index contributed by atoms with van der Waals surface area (Å²) in [5, 5.41) is 4.52. The lowest BCUT2D eigenvalue weighted by molar-refractivity contribution is 0.391. The van der Waals surface area contributed by atoms with Gasteiger partial charge in [-0.15, -0.1) is 0 Å². The van der Waals surface area contributed by atoms with E-state index in [0.29, 0.717) is 22.6 Å². The van der Waals surface area contributed by atoms with Crippen molar-refractivity contribution in [1.82, 2.24) is 19.7 Å². The van der Waals surface area contributed by atoms with Crippen LogP contribution in [0.1, 0.15) is 30.3 Å². The Morgan fingerprint density at radius 2 is 1.97 bits per heavy atom. The van der Waals surface area contributed by atoms with Crippen molar-refractivity contribution in [1.29, 1.82) is 0 Å². The number of thioether (sulfide) groups is 1. The van der Waals surface area contributed by atoms with E-state index in [9.17, 15) is 13.6 Å². The molecule has 6 nitrogen and oxygen atoms in total. The minimum absolute atomic E-state index is 0.0237. The molecular weight excluding hydrogens is 410 g/mol. The molecule has 2 aromatic heterocycles. The van der Waals surface area contributed by atoms with Gasteiger partial charge in [0, 0.05) is 17.7 Å². The van der Waals surface area contributed by atoms with Crippen molar-refractivity contribution in [3.8, 4) is 11.4 Å². The molecule has 0 amide bonds. The normalized spacial score (nSPS) is 13.8. The lowest BCUT2D eigenvalue weighted by Crippen LogP contribution is -2.22. The van der Waals surface area contributed by atoms with Crippen molar-refractivity contribution >= 4 is 22.7 Å². The molecule has 1 fully saturated rings. The second kappa shape index (κ2) is 7.32. The molecular formula is C21H16F2N4O2S. The van der Waals surface area contributed by atoms with Gasteiger partial charge < -0.3 is 4.52 Å². The molecule has 0 aliphatic heterocycles. The number of nitrogens with zero attached hydrogens (tertiary/aromatic N) is 4. The lowest BCUT2D eigenvalue weighted by atomic mass is 10.1. The molecule has 0 radical (unpaired) electrons. The Morgan fingerprint density at radius 1 is 1.17 bits per heavy atom. The molecule has 0 spiro atoms. The highest BCUT2D eigenvalue weighted by atomic mass is 32.2. The van der Waals surface area contributed by atoms with E-state index in [0.717, 1.165) is 36.1 Å². The van der Waals surface area contributed by atoms with Crippen LogP contribution in [-0.4, -0.2) is 19.7 Å². The highest BCUT2D eigenvalue weighted by molar-refractivity contribution is 7.98. The third-order valence-electron chi connectivity index (χ3n) is 4.89. The van der Waals surface area contributed by atoms with E-state index in [1.165, 1.54) is 11.8 Å². The van der Waals surface area contributed by atoms with Gasteiger partial charge in [0.2, 0.25) is 11.7 Å². The fourth-order valence-corrected chi connectivity index (χ4v) is 4.18. The number of benzene rings is 2. The average Bonchev–Trinajstić information content (AvgIpc) is 3.44. The zero-order valence-electron chi connectivity index (χ0n) is 15.9. The van der Waals surface area contributed by atoms with Crippen molar-refractivity contribution in [3.05, 3.63) is 69.8 Å². The summed E-state index contributed by atoms with van der Waals surface area (Å²) >= 11 is 1.26. The SMILES string of the molecule is Cc1cccc(-c2noc(CSc3nc4cc(F)c(F)cc4c(=O)n3C3CC3)n2)c1. The largest absolute Gasteiger partial charge is 0.338 e. The Hall–Kier alpha value is -3.07. The van der Waals surface area contributed by atoms with Crippen LogP contribution in [0.5, 0.6) is 0 Å². The summed E-state index contributed by atoms with van der Waals surface area (Å²) in [5.41, 5.74) is 1.70. The topological polar surface area (TPSA) is 73.8 Å². The second-order valence-electron chi connectivity index (χ2n) is 7.25. The molecule has 1 aliphatic rings. The first kappa shape index (κ1) is 18.9. The first-order chi connectivity index (χ1) is 14.5. The van der Waals surface area contributed by atoms with Gasteiger partial charge in [-0.2, -0.15) is 4.98 Å².